The van der Waals surface area contributed by atoms with Gasteiger partial charge in [0.1, 0.15) is 5.82 Å². The minimum Gasteiger partial charge on any atom is -0.305 e. The van der Waals surface area contributed by atoms with Gasteiger partial charge >= 0.3 is 0 Å². The van der Waals surface area contributed by atoms with Crippen LogP contribution >= 0.6 is 11.3 Å². The normalized spacial score (nSPS) is 13.7. The van der Waals surface area contributed by atoms with Crippen LogP contribution in [0.3, 0.4) is 0 Å². The van der Waals surface area contributed by atoms with Crippen LogP contribution in [-0.2, 0) is 26.5 Å². The smallest absolute Gasteiger partial charge is 0.123 e. The van der Waals surface area contributed by atoms with E-state index in [1.54, 1.807) is 60.0 Å². The minimum atomic E-state index is -2.13. The predicted octanol–water partition coefficient (Wildman–Crippen LogP) is 12.8. The van der Waals surface area contributed by atoms with Crippen molar-refractivity contribution in [1.82, 2.24) is 9.97 Å². The molecule has 3 aromatic heterocycles. The molecule has 0 aliphatic rings. The number of hydrogen-bond donors (Lipinski definition) is 0. The maximum Gasteiger partial charge on any atom is 0.123 e. The summed E-state index contributed by atoms with van der Waals surface area (Å²) in [7, 11) is -1.61. The van der Waals surface area contributed by atoms with Crippen LogP contribution in [0.4, 0.5) is 4.39 Å². The number of halogens is 1. The van der Waals surface area contributed by atoms with Crippen LogP contribution in [0.2, 0.25) is 19.6 Å². The van der Waals surface area contributed by atoms with E-state index in [1.165, 1.54) is 23.4 Å². The summed E-state index contributed by atoms with van der Waals surface area (Å²) < 4.78 is 63.8. The number of thiophene rings is 1. The molecule has 8 aromatic rings. The average molecular weight is 925 g/mol. The van der Waals surface area contributed by atoms with Crippen LogP contribution in [0.1, 0.15) is 50.2 Å². The molecule has 0 spiro atoms. The second-order valence-corrected chi connectivity index (χ2v) is 20.3. The molecule has 0 saturated heterocycles. The van der Waals surface area contributed by atoms with Crippen molar-refractivity contribution < 1.29 is 32.7 Å². The number of nitrogens with zero attached hydrogens (tertiary/aromatic N) is 2. The first kappa shape index (κ1) is 31.7. The third-order valence-corrected chi connectivity index (χ3v) is 12.2. The summed E-state index contributed by atoms with van der Waals surface area (Å²) in [5.74, 6) is -0.963. The Balaban J connectivity index is 0.000000213. The largest absolute Gasteiger partial charge is 0.305 e. The number of fused-ring (bicyclic) bond motifs is 3. The molecular formula is C48H43FIrN2SSi-2. The van der Waals surface area contributed by atoms with Crippen LogP contribution in [0.15, 0.2) is 134 Å². The van der Waals surface area contributed by atoms with Gasteiger partial charge in [0.25, 0.3) is 0 Å². The Morgan fingerprint density at radius 1 is 0.815 bits per heavy atom. The fourth-order valence-electron chi connectivity index (χ4n) is 6.29. The Kier molecular flexibility index (Phi) is 9.89. The molecule has 0 unspecified atom stereocenters. The Bertz CT molecular complexity index is 2760. The number of benzene rings is 5. The van der Waals surface area contributed by atoms with Gasteiger partial charge in [-0.1, -0.05) is 118 Å². The quantitative estimate of drug-likeness (QED) is 0.118. The summed E-state index contributed by atoms with van der Waals surface area (Å²) in [5.41, 5.74) is 7.44. The molecule has 8 rings (SSSR count). The van der Waals surface area contributed by atoms with E-state index in [4.69, 9.17) is 8.22 Å². The van der Waals surface area contributed by atoms with E-state index in [9.17, 15) is 4.39 Å². The molecule has 54 heavy (non-hydrogen) atoms. The first-order valence-corrected chi connectivity index (χ1v) is 21.8. The molecule has 0 aliphatic heterocycles. The van der Waals surface area contributed by atoms with E-state index in [-0.39, 0.29) is 31.5 Å². The molecule has 0 N–H and O–H groups in total. The van der Waals surface area contributed by atoms with Crippen molar-refractivity contribution in [2.75, 3.05) is 0 Å². The van der Waals surface area contributed by atoms with Crippen LogP contribution in [0.5, 0.6) is 0 Å². The molecule has 0 fully saturated rings. The summed E-state index contributed by atoms with van der Waals surface area (Å²) in [6.07, 6.45) is 1.91. The number of aromatic nitrogens is 2. The van der Waals surface area contributed by atoms with Crippen molar-refractivity contribution in [3.8, 4) is 33.6 Å². The number of rotatable bonds is 7. The molecule has 5 aromatic carbocycles. The van der Waals surface area contributed by atoms with Gasteiger partial charge in [0.2, 0.25) is 0 Å². The number of hydrogen-bond acceptors (Lipinski definition) is 3. The minimum absolute atomic E-state index is 0. The third kappa shape index (κ3) is 8.85. The van der Waals surface area contributed by atoms with Crippen molar-refractivity contribution in [1.29, 1.82) is 0 Å². The molecule has 0 aliphatic carbocycles. The summed E-state index contributed by atoms with van der Waals surface area (Å²) in [6.45, 7) is 8.38. The van der Waals surface area contributed by atoms with E-state index in [1.807, 2.05) is 56.4 Å². The molecule has 0 amide bonds. The molecule has 3 heterocycles. The summed E-state index contributed by atoms with van der Waals surface area (Å²) in [4.78, 5) is 9.14. The Labute approximate surface area is 346 Å². The topological polar surface area (TPSA) is 25.8 Å². The summed E-state index contributed by atoms with van der Waals surface area (Å²) in [6, 6.07) is 42.7. The van der Waals surface area contributed by atoms with Crippen LogP contribution in [0, 0.1) is 24.8 Å². The van der Waals surface area contributed by atoms with Gasteiger partial charge in [-0.3, -0.25) is 0 Å². The van der Waals surface area contributed by atoms with E-state index in [0.717, 1.165) is 53.7 Å². The fraction of sp³-hybridized carbons (Fsp3) is 0.167. The Morgan fingerprint density at radius 2 is 1.59 bits per heavy atom. The predicted molar refractivity (Wildman–Crippen MR) is 226 cm³/mol. The van der Waals surface area contributed by atoms with E-state index in [0.29, 0.717) is 16.8 Å². The first-order valence-electron chi connectivity index (χ1n) is 20.5. The van der Waals surface area contributed by atoms with E-state index >= 15 is 0 Å². The first-order chi connectivity index (χ1) is 27.8. The molecule has 0 saturated carbocycles. The van der Waals surface area contributed by atoms with Gasteiger partial charge in [0, 0.05) is 45.4 Å². The maximum atomic E-state index is 13.4. The van der Waals surface area contributed by atoms with Gasteiger partial charge in [-0.2, -0.15) is 11.3 Å². The number of aryl methyl sites for hydroxylation is 1. The van der Waals surface area contributed by atoms with E-state index < -0.39 is 27.2 Å². The van der Waals surface area contributed by atoms with Gasteiger partial charge in [-0.25, -0.2) is 4.39 Å². The standard InChI is InChI=1S/C30H19FNS.C18H24NSi.Ir/c31-24-12-9-22(10-13-24)23-11-14-25-26-7-4-8-27(30(26)33-29(25)19-23)28-18-21(15-16-32-28)17-20-5-2-1-3-6-20;1-13(2)16-11-17(15-9-7-14(3)8-10-15)19-12-18(16)20(4,5)6;/h1-7,9-16,18-19H,17H2;7-9,11-13H,1-6H3;/q2*-1;/i17D2;3D3,13D;. The van der Waals surface area contributed by atoms with Crippen LogP contribution < -0.4 is 5.19 Å². The fourth-order valence-corrected chi connectivity index (χ4v) is 9.11. The SMILES string of the molecule is [2H]C([2H])([2H])c1c[c-]c(-c2cc(C([2H])(C)C)c([Si](C)(C)C)cn2)cc1.[2H]C([2H])(c1ccccc1)c1ccnc(-c2[c-]ccc3c2sc2cc(-c4ccc(F)cc4)ccc23)c1.[Ir]. The van der Waals surface area contributed by atoms with Crippen molar-refractivity contribution in [2.24, 2.45) is 0 Å². The van der Waals surface area contributed by atoms with Crippen molar-refractivity contribution in [3.63, 3.8) is 0 Å². The van der Waals surface area contributed by atoms with Crippen LogP contribution in [-0.4, -0.2) is 18.0 Å². The van der Waals surface area contributed by atoms with Crippen molar-refractivity contribution >= 4 is 44.8 Å². The molecule has 6 heteroatoms. The van der Waals surface area contributed by atoms with Crippen molar-refractivity contribution in [3.05, 3.63) is 174 Å². The van der Waals surface area contributed by atoms with Gasteiger partial charge in [-0.05, 0) is 85.4 Å². The third-order valence-electron chi connectivity index (χ3n) is 9.03. The monoisotopic (exact) mass is 925 g/mol. The van der Waals surface area contributed by atoms with Crippen LogP contribution in [0.25, 0.3) is 53.8 Å². The van der Waals surface area contributed by atoms with Crippen molar-refractivity contribution in [2.45, 2.75) is 52.6 Å². The summed E-state index contributed by atoms with van der Waals surface area (Å²) >= 11 is 1.67. The Hall–Kier alpha value is -4.58. The van der Waals surface area contributed by atoms with Gasteiger partial charge in [-0.15, -0.1) is 59.2 Å². The molecule has 0 bridgehead atoms. The maximum absolute atomic E-state index is 13.4. The second-order valence-electron chi connectivity index (χ2n) is 14.2. The average Bonchev–Trinajstić information content (AvgIpc) is 3.59. The molecule has 2 nitrogen and oxygen atoms in total. The zero-order chi connectivity index (χ0) is 42.3. The summed E-state index contributed by atoms with van der Waals surface area (Å²) in [5, 5.41) is 3.44. The molecule has 1 radical (unpaired) electrons. The second kappa shape index (κ2) is 16.8. The van der Waals surface area contributed by atoms with Gasteiger partial charge in [0.05, 0.1) is 8.07 Å². The van der Waals surface area contributed by atoms with E-state index in [2.05, 4.69) is 66.0 Å². The zero-order valence-corrected chi connectivity index (χ0v) is 34.9. The molecular weight excluding hydrogens is 876 g/mol. The van der Waals surface area contributed by atoms with Gasteiger partial charge in [0.15, 0.2) is 0 Å². The zero-order valence-electron chi connectivity index (χ0n) is 36.7. The molecule has 0 atom stereocenters. The van der Waals surface area contributed by atoms with Gasteiger partial charge < -0.3 is 9.97 Å². The number of pyridine rings is 2. The Morgan fingerprint density at radius 3 is 2.30 bits per heavy atom. The molecule has 273 valence electrons.